The van der Waals surface area contributed by atoms with E-state index < -0.39 is 11.4 Å². The molecule has 0 aliphatic heterocycles. The molecule has 1 aromatic carbocycles. The fraction of sp³-hybridized carbons (Fsp3) is 0.462. The fourth-order valence-corrected chi connectivity index (χ4v) is 1.39. The highest BCUT2D eigenvalue weighted by Gasteiger charge is 2.25. The van der Waals surface area contributed by atoms with Crippen molar-refractivity contribution in [3.8, 4) is 5.75 Å². The Kier molecular flexibility index (Phi) is 4.42. The average molecular weight is 251 g/mol. The van der Waals surface area contributed by atoms with Gasteiger partial charge in [0.05, 0.1) is 18.0 Å². The Morgan fingerprint density at radius 1 is 1.44 bits per heavy atom. The second kappa shape index (κ2) is 5.62. The number of nitrogen functional groups attached to an aromatic ring is 1. The minimum Gasteiger partial charge on any atom is -0.491 e. The number of anilines is 2. The molecular weight excluding hydrogens is 230 g/mol. The van der Waals surface area contributed by atoms with Gasteiger partial charge in [0.25, 0.3) is 0 Å². The van der Waals surface area contributed by atoms with Crippen LogP contribution < -0.4 is 21.5 Å². The number of carbonyl (C=O) groups is 1. The third-order valence-corrected chi connectivity index (χ3v) is 2.59. The van der Waals surface area contributed by atoms with Gasteiger partial charge < -0.3 is 21.5 Å². The summed E-state index contributed by atoms with van der Waals surface area (Å²) in [5.41, 5.74) is 11.6. The van der Waals surface area contributed by atoms with Gasteiger partial charge >= 0.3 is 0 Å². The molecule has 0 spiro atoms. The number of primary amides is 1. The number of hydrogen-bond donors (Lipinski definition) is 3. The van der Waals surface area contributed by atoms with Crippen LogP contribution in [0.3, 0.4) is 0 Å². The molecule has 0 atom stereocenters. The van der Waals surface area contributed by atoms with Gasteiger partial charge in [0.2, 0.25) is 5.91 Å². The molecule has 1 amide bonds. The van der Waals surface area contributed by atoms with E-state index in [1.54, 1.807) is 26.0 Å². The number of para-hydroxylation sites is 1. The quantitative estimate of drug-likeness (QED) is 0.672. The number of nitrogens with two attached hydrogens (primary N) is 2. The van der Waals surface area contributed by atoms with Gasteiger partial charge in [0, 0.05) is 0 Å². The molecule has 1 rings (SSSR count). The lowest BCUT2D eigenvalue weighted by Crippen LogP contribution is -2.45. The molecule has 1 aromatic rings. The third-order valence-electron chi connectivity index (χ3n) is 2.59. The molecular formula is C13H21N3O2. The molecule has 18 heavy (non-hydrogen) atoms. The second-order valence-electron chi connectivity index (χ2n) is 4.68. The van der Waals surface area contributed by atoms with E-state index in [0.717, 1.165) is 6.42 Å². The first-order valence-corrected chi connectivity index (χ1v) is 5.98. The maximum absolute atomic E-state index is 11.3. The lowest BCUT2D eigenvalue weighted by atomic mass is 10.0. The summed E-state index contributed by atoms with van der Waals surface area (Å²) in [6.07, 6.45) is 0.907. The molecule has 0 bridgehead atoms. The summed E-state index contributed by atoms with van der Waals surface area (Å²) >= 11 is 0. The van der Waals surface area contributed by atoms with Crippen molar-refractivity contribution < 1.29 is 9.53 Å². The summed E-state index contributed by atoms with van der Waals surface area (Å²) in [5, 5.41) is 3.02. The van der Waals surface area contributed by atoms with Crippen LogP contribution in [-0.4, -0.2) is 18.1 Å². The van der Waals surface area contributed by atoms with Crippen molar-refractivity contribution in [1.29, 1.82) is 0 Å². The van der Waals surface area contributed by atoms with Gasteiger partial charge in [-0.1, -0.05) is 13.0 Å². The molecule has 100 valence electrons. The van der Waals surface area contributed by atoms with Crippen LogP contribution in [0.2, 0.25) is 0 Å². The van der Waals surface area contributed by atoms with E-state index in [1.165, 1.54) is 0 Å². The molecule has 5 heteroatoms. The normalized spacial score (nSPS) is 11.1. The van der Waals surface area contributed by atoms with Gasteiger partial charge in [-0.05, 0) is 32.4 Å². The smallest absolute Gasteiger partial charge is 0.242 e. The lowest BCUT2D eigenvalue weighted by Gasteiger charge is -2.25. The van der Waals surface area contributed by atoms with Gasteiger partial charge in [-0.3, -0.25) is 4.79 Å². The zero-order valence-corrected chi connectivity index (χ0v) is 11.1. The van der Waals surface area contributed by atoms with Crippen LogP contribution in [0, 0.1) is 0 Å². The molecule has 0 saturated heterocycles. The summed E-state index contributed by atoms with van der Waals surface area (Å²) in [5.74, 6) is 0.170. The van der Waals surface area contributed by atoms with E-state index >= 15 is 0 Å². The number of ether oxygens (including phenoxy) is 1. The Morgan fingerprint density at radius 2 is 2.11 bits per heavy atom. The van der Waals surface area contributed by atoms with Crippen LogP contribution in [0.15, 0.2) is 18.2 Å². The highest BCUT2D eigenvalue weighted by molar-refractivity contribution is 5.88. The minimum atomic E-state index is -0.864. The number of rotatable bonds is 6. The summed E-state index contributed by atoms with van der Waals surface area (Å²) < 4.78 is 5.52. The molecule has 0 unspecified atom stereocenters. The van der Waals surface area contributed by atoms with Gasteiger partial charge in [0.15, 0.2) is 0 Å². The van der Waals surface area contributed by atoms with Crippen molar-refractivity contribution in [2.24, 2.45) is 5.73 Å². The molecule has 0 heterocycles. The Labute approximate surface area is 107 Å². The van der Waals surface area contributed by atoms with E-state index in [0.29, 0.717) is 23.7 Å². The number of hydrogen-bond acceptors (Lipinski definition) is 4. The van der Waals surface area contributed by atoms with Crippen LogP contribution in [0.25, 0.3) is 0 Å². The largest absolute Gasteiger partial charge is 0.491 e. The highest BCUT2D eigenvalue weighted by atomic mass is 16.5. The molecule has 5 N–H and O–H groups in total. The number of amides is 1. The van der Waals surface area contributed by atoms with E-state index in [1.807, 2.05) is 13.0 Å². The van der Waals surface area contributed by atoms with Gasteiger partial charge in [0.1, 0.15) is 11.3 Å². The number of carbonyl (C=O) groups excluding carboxylic acids is 1. The van der Waals surface area contributed by atoms with Crippen LogP contribution in [0.1, 0.15) is 27.2 Å². The van der Waals surface area contributed by atoms with Crippen molar-refractivity contribution in [2.45, 2.75) is 32.7 Å². The second-order valence-corrected chi connectivity index (χ2v) is 4.68. The summed E-state index contributed by atoms with van der Waals surface area (Å²) in [7, 11) is 0. The standard InChI is InChI=1S/C13H21N3O2/c1-4-8-18-10-7-5-6-9(11(10)14)16-13(2,3)12(15)17/h5-7,16H,4,8,14H2,1-3H3,(H2,15,17). The van der Waals surface area contributed by atoms with E-state index in [9.17, 15) is 4.79 Å². The maximum Gasteiger partial charge on any atom is 0.242 e. The molecule has 5 nitrogen and oxygen atoms in total. The van der Waals surface area contributed by atoms with Crippen LogP contribution in [0.4, 0.5) is 11.4 Å². The van der Waals surface area contributed by atoms with E-state index in [2.05, 4.69) is 5.32 Å². The number of benzene rings is 1. The maximum atomic E-state index is 11.3. The van der Waals surface area contributed by atoms with Crippen molar-refractivity contribution >= 4 is 17.3 Å². The van der Waals surface area contributed by atoms with Crippen LogP contribution in [0.5, 0.6) is 5.75 Å². The molecule has 0 aromatic heterocycles. The first-order chi connectivity index (χ1) is 8.38. The van der Waals surface area contributed by atoms with Crippen LogP contribution in [-0.2, 0) is 4.79 Å². The fourth-order valence-electron chi connectivity index (χ4n) is 1.39. The molecule has 0 aliphatic carbocycles. The summed E-state index contributed by atoms with van der Waals surface area (Å²) in [6, 6.07) is 5.41. The van der Waals surface area contributed by atoms with Crippen molar-refractivity contribution in [2.75, 3.05) is 17.7 Å². The highest BCUT2D eigenvalue weighted by Crippen LogP contribution is 2.31. The predicted octanol–water partition coefficient (Wildman–Crippen LogP) is 1.73. The third kappa shape index (κ3) is 3.29. The zero-order chi connectivity index (χ0) is 13.8. The van der Waals surface area contributed by atoms with E-state index in [4.69, 9.17) is 16.2 Å². The Bertz CT molecular complexity index is 430. The van der Waals surface area contributed by atoms with Crippen molar-refractivity contribution in [3.05, 3.63) is 18.2 Å². The lowest BCUT2D eigenvalue weighted by molar-refractivity contribution is -0.121. The van der Waals surface area contributed by atoms with Gasteiger partial charge in [-0.15, -0.1) is 0 Å². The summed E-state index contributed by atoms with van der Waals surface area (Å²) in [6.45, 7) is 6.03. The summed E-state index contributed by atoms with van der Waals surface area (Å²) in [4.78, 5) is 11.3. The van der Waals surface area contributed by atoms with Crippen LogP contribution >= 0.6 is 0 Å². The predicted molar refractivity (Wildman–Crippen MR) is 73.5 cm³/mol. The topological polar surface area (TPSA) is 90.4 Å². The Hall–Kier alpha value is -1.91. The number of nitrogens with one attached hydrogen (secondary N) is 1. The van der Waals surface area contributed by atoms with Crippen molar-refractivity contribution in [3.63, 3.8) is 0 Å². The van der Waals surface area contributed by atoms with E-state index in [-0.39, 0.29) is 0 Å². The zero-order valence-electron chi connectivity index (χ0n) is 11.1. The Balaban J connectivity index is 2.93. The monoisotopic (exact) mass is 251 g/mol. The molecule has 0 fully saturated rings. The van der Waals surface area contributed by atoms with Crippen molar-refractivity contribution in [1.82, 2.24) is 0 Å². The first-order valence-electron chi connectivity index (χ1n) is 5.98. The van der Waals surface area contributed by atoms with Gasteiger partial charge in [-0.25, -0.2) is 0 Å². The molecule has 0 radical (unpaired) electrons. The first kappa shape index (κ1) is 14.2. The SMILES string of the molecule is CCCOc1cccc(NC(C)(C)C(N)=O)c1N. The Morgan fingerprint density at radius 3 is 2.67 bits per heavy atom. The molecule has 0 saturated carbocycles. The minimum absolute atomic E-state index is 0.443. The van der Waals surface area contributed by atoms with Gasteiger partial charge in [-0.2, -0.15) is 0 Å². The average Bonchev–Trinajstić information content (AvgIpc) is 2.30. The molecule has 0 aliphatic rings.